The summed E-state index contributed by atoms with van der Waals surface area (Å²) >= 11 is 0. The van der Waals surface area contributed by atoms with Gasteiger partial charge in [-0.1, -0.05) is 17.3 Å². The van der Waals surface area contributed by atoms with E-state index in [1.165, 1.54) is 0 Å². The van der Waals surface area contributed by atoms with Crippen molar-refractivity contribution < 1.29 is 18.8 Å². The molecule has 1 aromatic carbocycles. The van der Waals surface area contributed by atoms with E-state index in [9.17, 15) is 4.79 Å². The van der Waals surface area contributed by atoms with Gasteiger partial charge in [0.2, 0.25) is 0 Å². The summed E-state index contributed by atoms with van der Waals surface area (Å²) in [6.45, 7) is 4.23. The van der Waals surface area contributed by atoms with Crippen LogP contribution in [0.4, 0.5) is 10.5 Å². The van der Waals surface area contributed by atoms with E-state index in [2.05, 4.69) is 15.8 Å². The molecule has 0 fully saturated rings. The number of aryl methyl sites for hydroxylation is 2. The lowest BCUT2D eigenvalue weighted by atomic mass is 10.2. The highest BCUT2D eigenvalue weighted by atomic mass is 16.6. The van der Waals surface area contributed by atoms with Gasteiger partial charge in [0.15, 0.2) is 23.4 Å². The molecule has 3 rings (SSSR count). The fourth-order valence-corrected chi connectivity index (χ4v) is 2.19. The van der Waals surface area contributed by atoms with Gasteiger partial charge in [-0.15, -0.1) is 0 Å². The molecule has 0 unspecified atom stereocenters. The highest BCUT2D eigenvalue weighted by molar-refractivity contribution is 5.90. The third-order valence-electron chi connectivity index (χ3n) is 3.33. The number of hydrogen-bond acceptors (Lipinski definition) is 5. The number of anilines is 1. The first-order chi connectivity index (χ1) is 10.6. The van der Waals surface area contributed by atoms with E-state index < -0.39 is 0 Å². The number of fused-ring (bicyclic) bond motifs is 1. The van der Waals surface area contributed by atoms with E-state index in [-0.39, 0.29) is 12.1 Å². The highest BCUT2D eigenvalue weighted by Gasteiger charge is 2.21. The van der Waals surface area contributed by atoms with Gasteiger partial charge in [-0.3, -0.25) is 0 Å². The fourth-order valence-electron chi connectivity index (χ4n) is 2.19. The lowest BCUT2D eigenvalue weighted by Crippen LogP contribution is -2.42. The van der Waals surface area contributed by atoms with Crippen molar-refractivity contribution in [3.63, 3.8) is 0 Å². The lowest BCUT2D eigenvalue weighted by molar-refractivity contribution is 0.0922. The van der Waals surface area contributed by atoms with E-state index in [0.717, 1.165) is 5.75 Å². The van der Waals surface area contributed by atoms with Crippen LogP contribution in [-0.4, -0.2) is 30.4 Å². The number of nitrogens with zero attached hydrogens (tertiary/aromatic N) is 1. The molecule has 2 N–H and O–H groups in total. The van der Waals surface area contributed by atoms with Crippen molar-refractivity contribution in [1.29, 1.82) is 0 Å². The first-order valence-electron chi connectivity index (χ1n) is 6.99. The normalized spacial score (nSPS) is 16.2. The number of hydrogen-bond donors (Lipinski definition) is 2. The molecule has 0 saturated carbocycles. The summed E-state index contributed by atoms with van der Waals surface area (Å²) < 4.78 is 16.3. The zero-order valence-corrected chi connectivity index (χ0v) is 12.4. The quantitative estimate of drug-likeness (QED) is 0.908. The van der Waals surface area contributed by atoms with Crippen LogP contribution in [-0.2, 0) is 0 Å². The topological polar surface area (TPSA) is 85.6 Å². The molecule has 116 valence electrons. The third-order valence-corrected chi connectivity index (χ3v) is 3.33. The van der Waals surface area contributed by atoms with E-state index in [1.807, 2.05) is 24.3 Å². The van der Waals surface area contributed by atoms with Gasteiger partial charge in [0.05, 0.1) is 6.54 Å². The van der Waals surface area contributed by atoms with Crippen LogP contribution in [0.3, 0.4) is 0 Å². The van der Waals surface area contributed by atoms with Gasteiger partial charge < -0.3 is 24.6 Å². The van der Waals surface area contributed by atoms with Crippen molar-refractivity contribution in [1.82, 2.24) is 10.5 Å². The summed E-state index contributed by atoms with van der Waals surface area (Å²) in [7, 11) is 0. The van der Waals surface area contributed by atoms with E-state index in [4.69, 9.17) is 14.0 Å². The Labute approximate surface area is 127 Å². The molecule has 0 bridgehead atoms. The molecule has 2 amide bonds. The summed E-state index contributed by atoms with van der Waals surface area (Å²) in [6.07, 6.45) is -0.231. The molecule has 1 aromatic heterocycles. The fraction of sp³-hybridized carbons (Fsp3) is 0.333. The van der Waals surface area contributed by atoms with Crippen LogP contribution in [0.2, 0.25) is 0 Å². The second-order valence-electron chi connectivity index (χ2n) is 5.03. The van der Waals surface area contributed by atoms with Crippen LogP contribution in [0.25, 0.3) is 0 Å². The van der Waals surface area contributed by atoms with Crippen LogP contribution in [0.1, 0.15) is 11.5 Å². The predicted molar refractivity (Wildman–Crippen MR) is 79.4 cm³/mol. The summed E-state index contributed by atoms with van der Waals surface area (Å²) in [5.74, 6) is 1.98. The summed E-state index contributed by atoms with van der Waals surface area (Å²) in [6, 6.07) is 7.12. The Morgan fingerprint density at radius 2 is 2.09 bits per heavy atom. The van der Waals surface area contributed by atoms with Gasteiger partial charge in [0.1, 0.15) is 18.0 Å². The average Bonchev–Trinajstić information content (AvgIpc) is 2.84. The first-order valence-corrected chi connectivity index (χ1v) is 6.99. The first kappa shape index (κ1) is 14.2. The molecular formula is C15H17N3O4. The van der Waals surface area contributed by atoms with Crippen molar-refractivity contribution >= 4 is 11.7 Å². The molecule has 7 heteroatoms. The predicted octanol–water partition coefficient (Wildman–Crippen LogP) is 2.25. The number of rotatable bonds is 3. The second-order valence-corrected chi connectivity index (χ2v) is 5.03. The number of nitrogens with one attached hydrogen (secondary N) is 2. The monoisotopic (exact) mass is 303 g/mol. The third kappa shape index (κ3) is 2.98. The van der Waals surface area contributed by atoms with Crippen molar-refractivity contribution in [2.45, 2.75) is 20.0 Å². The maximum Gasteiger partial charge on any atom is 0.319 e. The minimum Gasteiger partial charge on any atom is -0.486 e. The van der Waals surface area contributed by atoms with Gasteiger partial charge in [-0.05, 0) is 26.0 Å². The molecular weight excluding hydrogens is 286 g/mol. The summed E-state index contributed by atoms with van der Waals surface area (Å²) in [5.41, 5.74) is 1.22. The maximum absolute atomic E-state index is 11.9. The van der Waals surface area contributed by atoms with E-state index in [1.54, 1.807) is 13.8 Å². The Morgan fingerprint density at radius 3 is 2.82 bits per heavy atom. The van der Waals surface area contributed by atoms with E-state index >= 15 is 0 Å². The highest BCUT2D eigenvalue weighted by Crippen LogP contribution is 2.30. The maximum atomic E-state index is 11.9. The van der Waals surface area contributed by atoms with Gasteiger partial charge >= 0.3 is 6.03 Å². The molecule has 1 aliphatic rings. The van der Waals surface area contributed by atoms with Crippen LogP contribution >= 0.6 is 0 Å². The zero-order valence-electron chi connectivity index (χ0n) is 12.4. The average molecular weight is 303 g/mol. The Hall–Kier alpha value is -2.70. The molecule has 0 spiro atoms. The number of urea groups is 1. The van der Waals surface area contributed by atoms with Crippen LogP contribution in [0, 0.1) is 13.8 Å². The number of ether oxygens (including phenoxy) is 2. The van der Waals surface area contributed by atoms with Gasteiger partial charge in [0.25, 0.3) is 0 Å². The van der Waals surface area contributed by atoms with Gasteiger partial charge in [0, 0.05) is 0 Å². The van der Waals surface area contributed by atoms with Crippen molar-refractivity contribution in [2.24, 2.45) is 0 Å². The lowest BCUT2D eigenvalue weighted by Gasteiger charge is -2.26. The van der Waals surface area contributed by atoms with Gasteiger partial charge in [-0.25, -0.2) is 4.79 Å². The molecule has 0 saturated heterocycles. The van der Waals surface area contributed by atoms with E-state index in [0.29, 0.717) is 36.0 Å². The molecule has 0 aliphatic carbocycles. The molecule has 0 radical (unpaired) electrons. The van der Waals surface area contributed by atoms with Crippen molar-refractivity contribution in [3.8, 4) is 11.5 Å². The Bertz CT molecular complexity index is 664. The molecule has 2 heterocycles. The molecule has 2 aromatic rings. The number of carbonyl (C=O) groups is 1. The standard InChI is InChI=1S/C15H17N3O4/c1-9-14(10(2)22-18-9)17-15(19)16-7-11-8-20-12-5-3-4-6-13(12)21-11/h3-6,11H,7-8H2,1-2H3,(H2,16,17,19)/t11-/m1/s1. The number of para-hydroxylation sites is 2. The smallest absolute Gasteiger partial charge is 0.319 e. The van der Waals surface area contributed by atoms with Crippen molar-refractivity contribution in [2.75, 3.05) is 18.5 Å². The van der Waals surface area contributed by atoms with Crippen molar-refractivity contribution in [3.05, 3.63) is 35.7 Å². The molecule has 1 aliphatic heterocycles. The second kappa shape index (κ2) is 5.97. The van der Waals surface area contributed by atoms with Crippen LogP contribution in [0.5, 0.6) is 11.5 Å². The number of benzene rings is 1. The number of aromatic nitrogens is 1. The minimum absolute atomic E-state index is 0.231. The Balaban J connectivity index is 1.52. The van der Waals surface area contributed by atoms with Gasteiger partial charge in [-0.2, -0.15) is 0 Å². The van der Waals surface area contributed by atoms with Crippen LogP contribution < -0.4 is 20.1 Å². The largest absolute Gasteiger partial charge is 0.486 e. The number of carbonyl (C=O) groups excluding carboxylic acids is 1. The minimum atomic E-state index is -0.336. The number of amides is 2. The zero-order chi connectivity index (χ0) is 15.5. The SMILES string of the molecule is Cc1noc(C)c1NC(=O)NC[C@@H]1COc2ccccc2O1. The van der Waals surface area contributed by atoms with Crippen LogP contribution in [0.15, 0.2) is 28.8 Å². The summed E-state index contributed by atoms with van der Waals surface area (Å²) in [4.78, 5) is 11.9. The molecule has 1 atom stereocenters. The Morgan fingerprint density at radius 1 is 1.32 bits per heavy atom. The Kier molecular flexibility index (Phi) is 3.86. The molecule has 22 heavy (non-hydrogen) atoms. The molecule has 7 nitrogen and oxygen atoms in total. The summed E-state index contributed by atoms with van der Waals surface area (Å²) in [5, 5.41) is 9.25.